The third-order valence-corrected chi connectivity index (χ3v) is 4.10. The van der Waals surface area contributed by atoms with E-state index in [2.05, 4.69) is 0 Å². The first-order valence-electron chi connectivity index (χ1n) is 7.18. The van der Waals surface area contributed by atoms with Crippen molar-refractivity contribution >= 4 is 33.3 Å². The van der Waals surface area contributed by atoms with E-state index in [0.29, 0.717) is 10.6 Å². The van der Waals surface area contributed by atoms with E-state index in [-0.39, 0.29) is 11.1 Å². The molecule has 4 rings (SSSR count). The van der Waals surface area contributed by atoms with Gasteiger partial charge in [0.05, 0.1) is 4.92 Å². The minimum absolute atomic E-state index is 0.00449. The number of rotatable bonds is 2. The fourth-order valence-corrected chi connectivity index (χ4v) is 3.02. The van der Waals surface area contributed by atoms with Gasteiger partial charge in [-0.15, -0.1) is 0 Å². The molecule has 0 aliphatic carbocycles. The highest BCUT2D eigenvalue weighted by molar-refractivity contribution is 6.12. The minimum Gasteiger partial charge on any atom is -0.289 e. The predicted molar refractivity (Wildman–Crippen MR) is 90.8 cm³/mol. The van der Waals surface area contributed by atoms with Crippen LogP contribution >= 0.6 is 0 Å². The lowest BCUT2D eigenvalue weighted by atomic mass is 10.1. The minimum atomic E-state index is -0.436. The maximum Gasteiger partial charge on any atom is 0.269 e. The lowest BCUT2D eigenvalue weighted by Crippen LogP contribution is -2.19. The van der Waals surface area contributed by atoms with Crippen LogP contribution in [0.25, 0.3) is 27.6 Å². The van der Waals surface area contributed by atoms with Gasteiger partial charge in [0.15, 0.2) is 5.43 Å². The Balaban J connectivity index is 2.02. The Hall–Kier alpha value is -3.27. The highest BCUT2D eigenvalue weighted by atomic mass is 16.6. The second-order valence-corrected chi connectivity index (χ2v) is 5.45. The molecule has 4 aromatic rings. The molecule has 0 aromatic heterocycles. The molecule has 0 amide bonds. The van der Waals surface area contributed by atoms with Crippen LogP contribution in [0.3, 0.4) is 0 Å². The van der Waals surface area contributed by atoms with Crippen LogP contribution in [-0.4, -0.2) is 4.92 Å². The molecule has 110 valence electrons. The Kier molecular flexibility index (Phi) is 2.84. The maximum absolute atomic E-state index is 12.7. The molecular formula is C19H11NO3. The molecule has 23 heavy (non-hydrogen) atoms. The van der Waals surface area contributed by atoms with Gasteiger partial charge in [0.2, 0.25) is 0 Å². The number of benzene rings is 3. The van der Waals surface area contributed by atoms with Gasteiger partial charge in [-0.1, -0.05) is 36.4 Å². The van der Waals surface area contributed by atoms with Crippen molar-refractivity contribution in [2.24, 2.45) is 0 Å². The van der Waals surface area contributed by atoms with Crippen molar-refractivity contribution in [2.75, 3.05) is 0 Å². The lowest BCUT2D eigenvalue weighted by molar-refractivity contribution is -0.384. The summed E-state index contributed by atoms with van der Waals surface area (Å²) < 4.78 is 0. The van der Waals surface area contributed by atoms with Gasteiger partial charge in [-0.3, -0.25) is 14.9 Å². The summed E-state index contributed by atoms with van der Waals surface area (Å²) in [6, 6.07) is 17.8. The molecule has 0 radical (unpaired) electrons. The van der Waals surface area contributed by atoms with Crippen LogP contribution in [0.4, 0.5) is 5.69 Å². The second kappa shape index (κ2) is 4.88. The summed E-state index contributed by atoms with van der Waals surface area (Å²) in [7, 11) is 0. The number of hydrogen-bond donors (Lipinski definition) is 0. The van der Waals surface area contributed by atoms with Crippen molar-refractivity contribution in [3.63, 3.8) is 0 Å². The van der Waals surface area contributed by atoms with Gasteiger partial charge >= 0.3 is 0 Å². The average molecular weight is 301 g/mol. The Labute approximate surface area is 130 Å². The van der Waals surface area contributed by atoms with Gasteiger partial charge in [0.1, 0.15) is 0 Å². The molecule has 4 nitrogen and oxygen atoms in total. The molecule has 0 aliphatic rings. The van der Waals surface area contributed by atoms with Gasteiger partial charge in [0.25, 0.3) is 5.69 Å². The third-order valence-electron chi connectivity index (χ3n) is 4.10. The molecule has 0 N–H and O–H groups in total. The molecule has 4 aromatic carbocycles. The summed E-state index contributed by atoms with van der Waals surface area (Å²) in [5, 5.41) is 15.0. The van der Waals surface area contributed by atoms with Crippen molar-refractivity contribution in [3.8, 4) is 0 Å². The number of non-ortho nitro benzene ring substituents is 1. The molecular weight excluding hydrogens is 290 g/mol. The number of hydrogen-bond acceptors (Lipinski definition) is 3. The normalized spacial score (nSPS) is 12.3. The van der Waals surface area contributed by atoms with Gasteiger partial charge in [-0.05, 0) is 34.5 Å². The first-order chi connectivity index (χ1) is 11.1. The predicted octanol–water partition coefficient (Wildman–Crippen LogP) is 3.25. The number of nitrogens with zero attached hydrogens (tertiary/aromatic N) is 1. The first-order valence-corrected chi connectivity index (χ1v) is 7.18. The van der Waals surface area contributed by atoms with Gasteiger partial charge in [0, 0.05) is 28.1 Å². The van der Waals surface area contributed by atoms with Crippen molar-refractivity contribution in [2.45, 2.75) is 0 Å². The summed E-state index contributed by atoms with van der Waals surface area (Å²) in [5.41, 5.74) is 0.800. The summed E-state index contributed by atoms with van der Waals surface area (Å²) in [4.78, 5) is 23.0. The molecule has 0 heterocycles. The fourth-order valence-electron chi connectivity index (χ4n) is 3.02. The largest absolute Gasteiger partial charge is 0.289 e. The fraction of sp³-hybridized carbons (Fsp3) is 0. The zero-order valence-electron chi connectivity index (χ0n) is 12.0. The van der Waals surface area contributed by atoms with Crippen LogP contribution in [0.5, 0.6) is 0 Å². The second-order valence-electron chi connectivity index (χ2n) is 5.45. The summed E-state index contributed by atoms with van der Waals surface area (Å²) in [5.74, 6) is 0. The highest BCUT2D eigenvalue weighted by Gasteiger charge is 2.10. The van der Waals surface area contributed by atoms with Crippen molar-refractivity contribution < 1.29 is 4.92 Å². The van der Waals surface area contributed by atoms with E-state index < -0.39 is 4.92 Å². The lowest BCUT2D eigenvalue weighted by Gasteiger charge is -1.96. The SMILES string of the molecule is O=c1/c(=C/c2ccc([N+](=O)[O-])cc2)c2cccc3cccc1c32. The summed E-state index contributed by atoms with van der Waals surface area (Å²) in [6.45, 7) is 0. The van der Waals surface area contributed by atoms with Gasteiger partial charge in [-0.2, -0.15) is 0 Å². The Morgan fingerprint density at radius 2 is 1.52 bits per heavy atom. The standard InChI is InChI=1S/C19H11NO3/c21-19-16-6-2-4-13-3-1-5-15(18(13)16)17(19)11-12-7-9-14(10-8-12)20(22)23/h1-11H/b17-11+. The van der Waals surface area contributed by atoms with E-state index in [9.17, 15) is 14.9 Å². The zero-order valence-corrected chi connectivity index (χ0v) is 12.0. The molecule has 0 saturated carbocycles. The summed E-state index contributed by atoms with van der Waals surface area (Å²) in [6.07, 6.45) is 1.79. The third kappa shape index (κ3) is 2.04. The van der Waals surface area contributed by atoms with Gasteiger partial charge < -0.3 is 0 Å². The Morgan fingerprint density at radius 3 is 2.17 bits per heavy atom. The van der Waals surface area contributed by atoms with Crippen molar-refractivity contribution in [3.05, 3.63) is 91.8 Å². The van der Waals surface area contributed by atoms with E-state index in [1.54, 1.807) is 18.2 Å². The molecule has 0 spiro atoms. The maximum atomic E-state index is 12.7. The molecule has 0 atom stereocenters. The molecule has 0 saturated heterocycles. The van der Waals surface area contributed by atoms with Crippen LogP contribution in [0.2, 0.25) is 0 Å². The molecule has 0 fully saturated rings. The van der Waals surface area contributed by atoms with Crippen molar-refractivity contribution in [1.82, 2.24) is 0 Å². The monoisotopic (exact) mass is 301 g/mol. The molecule has 0 aliphatic heterocycles. The number of nitro groups is 1. The van der Waals surface area contributed by atoms with Crippen LogP contribution < -0.4 is 10.6 Å². The van der Waals surface area contributed by atoms with Crippen molar-refractivity contribution in [1.29, 1.82) is 0 Å². The Morgan fingerprint density at radius 1 is 0.870 bits per heavy atom. The quantitative estimate of drug-likeness (QED) is 0.422. The van der Waals surface area contributed by atoms with Gasteiger partial charge in [-0.25, -0.2) is 0 Å². The van der Waals surface area contributed by atoms with E-state index in [0.717, 1.165) is 21.7 Å². The topological polar surface area (TPSA) is 60.2 Å². The highest BCUT2D eigenvalue weighted by Crippen LogP contribution is 2.22. The number of nitro benzene ring substituents is 1. The first kappa shape index (κ1) is 13.4. The zero-order chi connectivity index (χ0) is 16.0. The molecule has 4 heteroatoms. The van der Waals surface area contributed by atoms with Crippen LogP contribution in [-0.2, 0) is 0 Å². The Bertz CT molecular complexity index is 1140. The van der Waals surface area contributed by atoms with E-state index in [1.165, 1.54) is 12.1 Å². The van der Waals surface area contributed by atoms with Crippen LogP contribution in [0.15, 0.2) is 65.5 Å². The van der Waals surface area contributed by atoms with E-state index in [1.807, 2.05) is 36.4 Å². The van der Waals surface area contributed by atoms with E-state index in [4.69, 9.17) is 0 Å². The molecule has 0 bridgehead atoms. The van der Waals surface area contributed by atoms with Crippen LogP contribution in [0.1, 0.15) is 5.56 Å². The smallest absolute Gasteiger partial charge is 0.269 e. The van der Waals surface area contributed by atoms with E-state index >= 15 is 0 Å². The van der Waals surface area contributed by atoms with Crippen LogP contribution in [0, 0.1) is 10.1 Å². The molecule has 0 unspecified atom stereocenters. The average Bonchev–Trinajstić information content (AvgIpc) is 2.84. The summed E-state index contributed by atoms with van der Waals surface area (Å²) >= 11 is 0.